The van der Waals surface area contributed by atoms with Crippen molar-refractivity contribution in [2.75, 3.05) is 6.61 Å². The Kier molecular flexibility index (Phi) is 5.39. The van der Waals surface area contributed by atoms with Gasteiger partial charge in [-0.25, -0.2) is 0 Å². The van der Waals surface area contributed by atoms with Crippen LogP contribution in [0.4, 0.5) is 0 Å². The number of carbonyl (C=O) groups is 3. The monoisotopic (exact) mass is 570 g/mol. The van der Waals surface area contributed by atoms with Crippen LogP contribution in [0.1, 0.15) is 58.8 Å². The van der Waals surface area contributed by atoms with Gasteiger partial charge >= 0.3 is 27.3 Å². The van der Waals surface area contributed by atoms with Gasteiger partial charge in [-0.3, -0.25) is 14.4 Å². The second kappa shape index (κ2) is 6.83. The normalized spacial score (nSPS) is 45.9. The summed E-state index contributed by atoms with van der Waals surface area (Å²) in [4.78, 5) is 37.5. The van der Waals surface area contributed by atoms with Gasteiger partial charge in [0.2, 0.25) is 0 Å². The number of aliphatic hydroxyl groups is 2. The van der Waals surface area contributed by atoms with Gasteiger partial charge in [0.15, 0.2) is 11.6 Å². The van der Waals surface area contributed by atoms with E-state index in [0.29, 0.717) is 25.7 Å². The maximum atomic E-state index is 13.3. The summed E-state index contributed by atoms with van der Waals surface area (Å²) in [5.74, 6) is -0.172. The van der Waals surface area contributed by atoms with Gasteiger partial charge in [0.25, 0.3) is 0 Å². The van der Waals surface area contributed by atoms with Crippen molar-refractivity contribution >= 4 is 44.6 Å². The SMILES string of the molecule is C[C@]12CCC(=O)C=C1CC[C@@H]1[C@@H]2C(=O)C[C@@]2(C)[C@H]1CC[C@]2(O)C(=O)CO.[PbH2]. The third-order valence-electron chi connectivity index (χ3n) is 8.41. The fourth-order valence-electron chi connectivity index (χ4n) is 6.98. The van der Waals surface area contributed by atoms with Gasteiger partial charge in [0.05, 0.1) is 0 Å². The fraction of sp³-hybridized carbons (Fsp3) is 0.762. The van der Waals surface area contributed by atoms with Gasteiger partial charge in [0.1, 0.15) is 18.0 Å². The Balaban J connectivity index is 0.00000210. The molecule has 3 saturated carbocycles. The standard InChI is InChI=1S/C21H28O5.Pb.2H/c1-19-7-5-13(23)9-12(19)3-4-14-15-6-8-21(26,17(25)11-22)20(15,2)10-16(24)18(14)19;;;/h9,14-15,18,22,26H,3-8,10-11H2,1-2H3;;;/t14-,15-,18+,19-,20-,21-;;;/m0.../s1. The zero-order valence-corrected chi connectivity index (χ0v) is 21.8. The molecule has 5 nitrogen and oxygen atoms in total. The Labute approximate surface area is 180 Å². The van der Waals surface area contributed by atoms with E-state index >= 15 is 0 Å². The molecular weight excluding hydrogens is 539 g/mol. The zero-order chi connectivity index (χ0) is 18.9. The van der Waals surface area contributed by atoms with E-state index in [1.54, 1.807) is 6.08 Å². The summed E-state index contributed by atoms with van der Waals surface area (Å²) in [5, 5.41) is 20.5. The number of aliphatic hydroxyl groups excluding tert-OH is 1. The van der Waals surface area contributed by atoms with E-state index < -0.39 is 23.4 Å². The second-order valence-electron chi connectivity index (χ2n) is 9.38. The number of hydrogen-bond donors (Lipinski definition) is 2. The molecule has 0 unspecified atom stereocenters. The molecule has 0 aromatic rings. The van der Waals surface area contributed by atoms with E-state index in [1.807, 2.05) is 6.92 Å². The van der Waals surface area contributed by atoms with Crippen molar-refractivity contribution in [3.8, 4) is 0 Å². The molecule has 148 valence electrons. The van der Waals surface area contributed by atoms with Gasteiger partial charge in [-0.15, -0.1) is 0 Å². The molecule has 2 N–H and O–H groups in total. The van der Waals surface area contributed by atoms with Crippen LogP contribution in [0.3, 0.4) is 0 Å². The number of allylic oxidation sites excluding steroid dienone is 1. The van der Waals surface area contributed by atoms with Gasteiger partial charge in [0, 0.05) is 24.2 Å². The van der Waals surface area contributed by atoms with E-state index in [0.717, 1.165) is 18.4 Å². The van der Waals surface area contributed by atoms with E-state index in [9.17, 15) is 24.6 Å². The molecule has 0 aliphatic heterocycles. The van der Waals surface area contributed by atoms with E-state index in [4.69, 9.17) is 0 Å². The maximum absolute atomic E-state index is 13.3. The molecule has 0 amide bonds. The first-order valence-corrected chi connectivity index (χ1v) is 9.80. The van der Waals surface area contributed by atoms with E-state index in [-0.39, 0.29) is 68.5 Å². The summed E-state index contributed by atoms with van der Waals surface area (Å²) in [6.45, 7) is 3.31. The van der Waals surface area contributed by atoms with Gasteiger partial charge in [-0.2, -0.15) is 0 Å². The third-order valence-corrected chi connectivity index (χ3v) is 8.41. The molecule has 4 aliphatic rings. The Morgan fingerprint density at radius 2 is 1.89 bits per heavy atom. The Morgan fingerprint density at radius 3 is 2.56 bits per heavy atom. The molecule has 27 heavy (non-hydrogen) atoms. The fourth-order valence-corrected chi connectivity index (χ4v) is 6.98. The minimum absolute atomic E-state index is 0. The molecule has 0 aromatic heterocycles. The quantitative estimate of drug-likeness (QED) is 0.486. The van der Waals surface area contributed by atoms with Crippen LogP contribution in [0.5, 0.6) is 0 Å². The van der Waals surface area contributed by atoms with Crippen molar-refractivity contribution in [3.05, 3.63) is 11.6 Å². The van der Waals surface area contributed by atoms with Crippen molar-refractivity contribution in [1.82, 2.24) is 0 Å². The predicted molar refractivity (Wildman–Crippen MR) is 103 cm³/mol. The van der Waals surface area contributed by atoms with E-state index in [2.05, 4.69) is 6.92 Å². The first kappa shape index (κ1) is 21.3. The van der Waals surface area contributed by atoms with Crippen molar-refractivity contribution in [2.45, 2.75) is 64.4 Å². The van der Waals surface area contributed by atoms with Crippen LogP contribution in [0.15, 0.2) is 11.6 Å². The first-order chi connectivity index (χ1) is 12.2. The van der Waals surface area contributed by atoms with Gasteiger partial charge in [-0.05, 0) is 55.4 Å². The molecule has 3 fully saturated rings. The summed E-state index contributed by atoms with van der Waals surface area (Å²) < 4.78 is 0. The van der Waals surface area contributed by atoms with Crippen LogP contribution in [0.2, 0.25) is 0 Å². The molecule has 2 radical (unpaired) electrons. The van der Waals surface area contributed by atoms with Crippen molar-refractivity contribution < 1.29 is 24.6 Å². The van der Waals surface area contributed by atoms with Crippen molar-refractivity contribution in [1.29, 1.82) is 0 Å². The number of ketones is 3. The number of fused-ring (bicyclic) bond motifs is 5. The summed E-state index contributed by atoms with van der Waals surface area (Å²) >= 11 is 0. The number of hydrogen-bond acceptors (Lipinski definition) is 5. The predicted octanol–water partition coefficient (Wildman–Crippen LogP) is 1.07. The van der Waals surface area contributed by atoms with Crippen LogP contribution in [0, 0.1) is 28.6 Å². The number of rotatable bonds is 2. The number of Topliss-reactive ketones (excluding diaryl/α,β-unsaturated/α-hetero) is 2. The molecular formula is C21H30O5Pb. The average molecular weight is 570 g/mol. The first-order valence-electron chi connectivity index (χ1n) is 9.80. The molecule has 0 spiro atoms. The molecule has 6 atom stereocenters. The van der Waals surface area contributed by atoms with Gasteiger partial charge in [-0.1, -0.05) is 19.4 Å². The molecule has 0 bridgehead atoms. The van der Waals surface area contributed by atoms with Crippen LogP contribution in [-0.2, 0) is 14.4 Å². The van der Waals surface area contributed by atoms with Crippen molar-refractivity contribution in [2.24, 2.45) is 28.6 Å². The summed E-state index contributed by atoms with van der Waals surface area (Å²) in [7, 11) is 0. The Morgan fingerprint density at radius 1 is 1.19 bits per heavy atom. The summed E-state index contributed by atoms with van der Waals surface area (Å²) in [5.41, 5.74) is -1.55. The zero-order valence-electron chi connectivity index (χ0n) is 16.3. The van der Waals surface area contributed by atoms with Crippen LogP contribution in [-0.4, -0.2) is 67.1 Å². The molecule has 0 heterocycles. The molecule has 4 rings (SSSR count). The van der Waals surface area contributed by atoms with Crippen molar-refractivity contribution in [3.63, 3.8) is 0 Å². The van der Waals surface area contributed by atoms with Crippen LogP contribution in [0.25, 0.3) is 0 Å². The topological polar surface area (TPSA) is 91.7 Å². The Hall–Kier alpha value is -0.408. The van der Waals surface area contributed by atoms with Gasteiger partial charge < -0.3 is 10.2 Å². The third kappa shape index (κ3) is 2.70. The minimum atomic E-state index is -1.60. The molecule has 4 aliphatic carbocycles. The van der Waals surface area contributed by atoms with E-state index in [1.165, 1.54) is 0 Å². The molecule has 0 saturated heterocycles. The van der Waals surface area contributed by atoms with Crippen LogP contribution >= 0.6 is 0 Å². The molecule has 0 aromatic carbocycles. The summed E-state index contributed by atoms with van der Waals surface area (Å²) in [6, 6.07) is 0. The molecule has 6 heteroatoms. The summed E-state index contributed by atoms with van der Waals surface area (Å²) in [6.07, 6.45) is 5.83. The average Bonchev–Trinajstić information content (AvgIpc) is 2.86. The Bertz CT molecular complexity index is 730. The second-order valence-corrected chi connectivity index (χ2v) is 9.38. The van der Waals surface area contributed by atoms with Crippen LogP contribution < -0.4 is 0 Å². The number of carbonyl (C=O) groups excluding carboxylic acids is 3.